The van der Waals surface area contributed by atoms with Gasteiger partial charge in [0.2, 0.25) is 17.2 Å². The monoisotopic (exact) mass is 471 g/mol. The number of hydrogen-bond donors (Lipinski definition) is 1. The molecule has 0 aliphatic carbocycles. The fourth-order valence-electron chi connectivity index (χ4n) is 4.69. The Kier molecular flexibility index (Phi) is 6.63. The minimum Gasteiger partial charge on any atom is -0.350 e. The van der Waals surface area contributed by atoms with E-state index in [4.69, 9.17) is 16.6 Å². The van der Waals surface area contributed by atoms with Crippen molar-refractivity contribution in [3.63, 3.8) is 0 Å². The minimum atomic E-state index is 0.223. The molecule has 1 aromatic heterocycles. The molecule has 0 radical (unpaired) electrons. The predicted molar refractivity (Wildman–Crippen MR) is 144 cm³/mol. The van der Waals surface area contributed by atoms with Gasteiger partial charge >= 0.3 is 0 Å². The highest BCUT2D eigenvalue weighted by atomic mass is 35.5. The van der Waals surface area contributed by atoms with E-state index in [1.165, 1.54) is 37.9 Å². The minimum absolute atomic E-state index is 0.223. The van der Waals surface area contributed by atoms with Crippen LogP contribution in [0.3, 0.4) is 0 Å². The lowest BCUT2D eigenvalue weighted by atomic mass is 9.92. The van der Waals surface area contributed by atoms with E-state index in [1.807, 2.05) is 0 Å². The maximum atomic E-state index is 6.31. The topological polar surface area (TPSA) is 53.9 Å². The molecular weight excluding hydrogens is 442 g/mol. The molecule has 0 atom stereocenters. The lowest BCUT2D eigenvalue weighted by Crippen LogP contribution is -2.28. The fraction of sp³-hybridized carbons (Fsp3) is 0.321. The molecule has 4 aromatic carbocycles. The van der Waals surface area contributed by atoms with Gasteiger partial charge in [0.25, 0.3) is 0 Å². The van der Waals surface area contributed by atoms with Crippen LogP contribution >= 0.6 is 11.6 Å². The fourth-order valence-corrected chi connectivity index (χ4v) is 4.85. The number of halogens is 1. The Morgan fingerprint density at radius 3 is 2.12 bits per heavy atom. The zero-order valence-electron chi connectivity index (χ0n) is 19.8. The van der Waals surface area contributed by atoms with Crippen molar-refractivity contribution in [2.75, 3.05) is 23.3 Å². The van der Waals surface area contributed by atoms with Crippen molar-refractivity contribution in [1.82, 2.24) is 15.0 Å². The molecular formula is C28H30ClN5. The molecule has 0 saturated carbocycles. The number of nitrogens with zero attached hydrogens (tertiary/aromatic N) is 4. The summed E-state index contributed by atoms with van der Waals surface area (Å²) in [7, 11) is 0. The number of benzene rings is 4. The van der Waals surface area contributed by atoms with Crippen molar-refractivity contribution in [2.24, 2.45) is 0 Å². The van der Waals surface area contributed by atoms with Crippen molar-refractivity contribution in [3.8, 4) is 0 Å². The average molecular weight is 472 g/mol. The summed E-state index contributed by atoms with van der Waals surface area (Å²) < 4.78 is 0. The Balaban J connectivity index is 1.45. The molecule has 174 valence electrons. The van der Waals surface area contributed by atoms with Crippen LogP contribution in [-0.4, -0.2) is 28.0 Å². The third-order valence-corrected chi connectivity index (χ3v) is 6.67. The number of anilines is 2. The van der Waals surface area contributed by atoms with Crippen molar-refractivity contribution in [3.05, 3.63) is 65.4 Å². The number of nitrogens with one attached hydrogen (secondary N) is 1. The summed E-state index contributed by atoms with van der Waals surface area (Å²) in [5.74, 6) is 1.17. The second kappa shape index (κ2) is 9.98. The summed E-state index contributed by atoms with van der Waals surface area (Å²) in [6.45, 7) is 6.85. The Labute approximate surface area is 205 Å². The lowest BCUT2D eigenvalue weighted by molar-refractivity contribution is 0.661. The van der Waals surface area contributed by atoms with Crippen LogP contribution in [0.2, 0.25) is 5.28 Å². The normalized spacial score (nSPS) is 11.6. The largest absolute Gasteiger partial charge is 0.350 e. The summed E-state index contributed by atoms with van der Waals surface area (Å²) in [6, 6.07) is 19.7. The van der Waals surface area contributed by atoms with Crippen LogP contribution in [0.25, 0.3) is 32.3 Å². The molecule has 5 nitrogen and oxygen atoms in total. The van der Waals surface area contributed by atoms with Crippen LogP contribution in [0.4, 0.5) is 11.9 Å². The molecule has 0 aliphatic heterocycles. The summed E-state index contributed by atoms with van der Waals surface area (Å²) in [4.78, 5) is 15.7. The van der Waals surface area contributed by atoms with Gasteiger partial charge in [-0.3, -0.25) is 0 Å². The average Bonchev–Trinajstić information content (AvgIpc) is 2.86. The quantitative estimate of drug-likeness (QED) is 0.214. The van der Waals surface area contributed by atoms with Gasteiger partial charge < -0.3 is 10.2 Å². The number of unbranched alkanes of at least 4 members (excludes halogenated alkanes) is 2. The molecule has 5 rings (SSSR count). The summed E-state index contributed by atoms with van der Waals surface area (Å²) in [5.41, 5.74) is 1.21. The zero-order chi connectivity index (χ0) is 23.5. The first-order valence-electron chi connectivity index (χ1n) is 12.2. The number of hydrogen-bond acceptors (Lipinski definition) is 5. The smallest absolute Gasteiger partial charge is 0.231 e. The van der Waals surface area contributed by atoms with E-state index in [-0.39, 0.29) is 5.28 Å². The first-order chi connectivity index (χ1) is 16.7. The van der Waals surface area contributed by atoms with Gasteiger partial charge in [-0.1, -0.05) is 81.3 Å². The van der Waals surface area contributed by atoms with E-state index >= 15 is 0 Å². The summed E-state index contributed by atoms with van der Waals surface area (Å²) >= 11 is 6.31. The van der Waals surface area contributed by atoms with Crippen LogP contribution in [0, 0.1) is 0 Å². The molecule has 0 bridgehead atoms. The Bertz CT molecular complexity index is 1390. The maximum Gasteiger partial charge on any atom is 0.231 e. The third kappa shape index (κ3) is 4.45. The van der Waals surface area contributed by atoms with Gasteiger partial charge in [-0.25, -0.2) is 0 Å². The molecule has 0 amide bonds. The molecule has 0 spiro atoms. The standard InChI is InChI=1S/C28H30ClN5/c1-3-5-16-34(17-6-4-2)28-32-26(29)31-27(33-28)30-18-22-13-12-21-11-10-19-8-7-9-20-14-15-23(22)25(21)24(19)20/h7-15H,3-6,16-18H2,1-2H3,(H,30,31,32,33). The molecule has 5 aromatic rings. The second-order valence-electron chi connectivity index (χ2n) is 8.86. The first-order valence-corrected chi connectivity index (χ1v) is 12.6. The van der Waals surface area contributed by atoms with E-state index in [2.05, 4.69) is 88.6 Å². The Morgan fingerprint density at radius 2 is 1.41 bits per heavy atom. The van der Waals surface area contributed by atoms with Gasteiger partial charge in [0.1, 0.15) is 0 Å². The SMILES string of the molecule is CCCCN(CCCC)c1nc(Cl)nc(NCc2ccc3ccc4cccc5ccc2c3c45)n1. The highest BCUT2D eigenvalue weighted by molar-refractivity contribution is 6.28. The van der Waals surface area contributed by atoms with Crippen LogP contribution < -0.4 is 10.2 Å². The van der Waals surface area contributed by atoms with Gasteiger partial charge in [-0.2, -0.15) is 15.0 Å². The third-order valence-electron chi connectivity index (χ3n) is 6.50. The molecule has 1 heterocycles. The van der Waals surface area contributed by atoms with E-state index in [0.717, 1.165) is 38.8 Å². The lowest BCUT2D eigenvalue weighted by Gasteiger charge is -2.22. The van der Waals surface area contributed by atoms with Crippen molar-refractivity contribution < 1.29 is 0 Å². The molecule has 34 heavy (non-hydrogen) atoms. The van der Waals surface area contributed by atoms with Crippen molar-refractivity contribution in [2.45, 2.75) is 46.1 Å². The number of aromatic nitrogens is 3. The molecule has 0 unspecified atom stereocenters. The molecule has 1 N–H and O–H groups in total. The van der Waals surface area contributed by atoms with Crippen molar-refractivity contribution >= 4 is 55.8 Å². The van der Waals surface area contributed by atoms with Crippen LogP contribution in [0.5, 0.6) is 0 Å². The predicted octanol–water partition coefficient (Wildman–Crippen LogP) is 7.44. The van der Waals surface area contributed by atoms with E-state index in [1.54, 1.807) is 0 Å². The van der Waals surface area contributed by atoms with Gasteiger partial charge in [-0.15, -0.1) is 0 Å². The highest BCUT2D eigenvalue weighted by Crippen LogP contribution is 2.36. The molecule has 0 aliphatic rings. The van der Waals surface area contributed by atoms with E-state index in [9.17, 15) is 0 Å². The van der Waals surface area contributed by atoms with E-state index < -0.39 is 0 Å². The molecule has 0 saturated heterocycles. The zero-order valence-corrected chi connectivity index (χ0v) is 20.6. The van der Waals surface area contributed by atoms with Crippen LogP contribution in [-0.2, 0) is 6.54 Å². The van der Waals surface area contributed by atoms with E-state index in [0.29, 0.717) is 18.4 Å². The number of rotatable bonds is 10. The highest BCUT2D eigenvalue weighted by Gasteiger charge is 2.14. The van der Waals surface area contributed by atoms with Crippen LogP contribution in [0.1, 0.15) is 45.1 Å². The maximum absolute atomic E-state index is 6.31. The summed E-state index contributed by atoms with van der Waals surface area (Å²) in [6.07, 6.45) is 4.44. The van der Waals surface area contributed by atoms with Crippen molar-refractivity contribution in [1.29, 1.82) is 0 Å². The van der Waals surface area contributed by atoms with Crippen LogP contribution in [0.15, 0.2) is 54.6 Å². The second-order valence-corrected chi connectivity index (χ2v) is 9.19. The molecule has 0 fully saturated rings. The molecule has 6 heteroatoms. The van der Waals surface area contributed by atoms with Gasteiger partial charge in [0, 0.05) is 19.6 Å². The summed E-state index contributed by atoms with van der Waals surface area (Å²) in [5, 5.41) is 11.3. The van der Waals surface area contributed by atoms with Gasteiger partial charge in [0.05, 0.1) is 0 Å². The first kappa shape index (κ1) is 22.6. The Morgan fingerprint density at radius 1 is 0.765 bits per heavy atom. The van der Waals surface area contributed by atoms with Gasteiger partial charge in [0.15, 0.2) is 0 Å². The van der Waals surface area contributed by atoms with Gasteiger partial charge in [-0.05, 0) is 62.3 Å². The Hall–Kier alpha value is -3.18.